The number of nitrogens with one attached hydrogen (secondary N) is 1. The van der Waals surface area contributed by atoms with Crippen LogP contribution < -0.4 is 5.32 Å². The fourth-order valence-corrected chi connectivity index (χ4v) is 1.89. The number of hydrogen-bond donors (Lipinski definition) is 2. The molecule has 7 heteroatoms. The van der Waals surface area contributed by atoms with E-state index in [-0.39, 0.29) is 19.8 Å². The van der Waals surface area contributed by atoms with Crippen LogP contribution in [0.25, 0.3) is 0 Å². The molecule has 18 heavy (non-hydrogen) atoms. The fraction of sp³-hybridized carbons (Fsp3) is 0.364. The van der Waals surface area contributed by atoms with E-state index in [1.165, 1.54) is 0 Å². The van der Waals surface area contributed by atoms with Crippen molar-refractivity contribution in [2.24, 2.45) is 0 Å². The summed E-state index contributed by atoms with van der Waals surface area (Å²) in [5.41, 5.74) is 0.898. The molecule has 1 aromatic rings. The number of amides is 1. The van der Waals surface area contributed by atoms with E-state index < -0.39 is 15.4 Å². The van der Waals surface area contributed by atoms with Crippen LogP contribution in [0.15, 0.2) is 30.3 Å². The monoisotopic (exact) mass is 273 g/mol. The predicted octanol–water partition coefficient (Wildman–Crippen LogP) is 0.206. The molecule has 1 rings (SSSR count). The Morgan fingerprint density at radius 2 is 2.00 bits per heavy atom. The van der Waals surface area contributed by atoms with Gasteiger partial charge in [0.25, 0.3) is 10.1 Å². The van der Waals surface area contributed by atoms with Crippen LogP contribution in [0.3, 0.4) is 0 Å². The van der Waals surface area contributed by atoms with E-state index in [0.717, 1.165) is 5.56 Å². The van der Waals surface area contributed by atoms with E-state index >= 15 is 0 Å². The van der Waals surface area contributed by atoms with Gasteiger partial charge in [0.1, 0.15) is 5.25 Å². The molecule has 0 saturated heterocycles. The number of carbonyl (C=O) groups is 1. The molecular formula is C11H15NO5S. The third kappa shape index (κ3) is 5.26. The first-order valence-electron chi connectivity index (χ1n) is 5.29. The summed E-state index contributed by atoms with van der Waals surface area (Å²) in [6.07, 6.45) is 0.370. The normalized spacial score (nSPS) is 12.9. The largest absolute Gasteiger partial charge is 0.375 e. The lowest BCUT2D eigenvalue weighted by atomic mass is 10.2. The van der Waals surface area contributed by atoms with Crippen molar-refractivity contribution in [3.63, 3.8) is 0 Å². The standard InChI is InChI=1S/C11H15NO5S/c13-9-12-6-11(18(14,15)16)8-17-7-10-4-2-1-3-5-10/h1-5,9,11H,6-8H2,(H,12,13)(H,14,15,16). The Labute approximate surface area is 106 Å². The first-order valence-corrected chi connectivity index (χ1v) is 6.79. The molecule has 6 nitrogen and oxygen atoms in total. The van der Waals surface area contributed by atoms with Gasteiger partial charge in [-0.25, -0.2) is 0 Å². The molecule has 1 aromatic carbocycles. The molecule has 1 amide bonds. The highest BCUT2D eigenvalue weighted by atomic mass is 32.2. The molecule has 0 bridgehead atoms. The van der Waals surface area contributed by atoms with Crippen molar-refractivity contribution < 1.29 is 22.5 Å². The van der Waals surface area contributed by atoms with Crippen molar-refractivity contribution in [2.75, 3.05) is 13.2 Å². The minimum absolute atomic E-state index is 0.183. The van der Waals surface area contributed by atoms with Gasteiger partial charge in [-0.15, -0.1) is 0 Å². The Morgan fingerprint density at radius 1 is 1.33 bits per heavy atom. The third-order valence-corrected chi connectivity index (χ3v) is 3.41. The Bertz CT molecular complexity index is 460. The van der Waals surface area contributed by atoms with E-state index in [1.807, 2.05) is 30.3 Å². The summed E-state index contributed by atoms with van der Waals surface area (Å²) in [7, 11) is -4.24. The Balaban J connectivity index is 2.45. The third-order valence-electron chi connectivity index (χ3n) is 2.27. The average molecular weight is 273 g/mol. The molecule has 0 aromatic heterocycles. The number of ether oxygens (including phenoxy) is 1. The van der Waals surface area contributed by atoms with Crippen LogP contribution in [0.2, 0.25) is 0 Å². The van der Waals surface area contributed by atoms with Crippen LogP contribution in [0, 0.1) is 0 Å². The summed E-state index contributed by atoms with van der Waals surface area (Å²) in [6.45, 7) is -0.125. The lowest BCUT2D eigenvalue weighted by Gasteiger charge is -2.13. The summed E-state index contributed by atoms with van der Waals surface area (Å²) < 4.78 is 36.1. The molecule has 0 aliphatic carbocycles. The van der Waals surface area contributed by atoms with Gasteiger partial charge in [0, 0.05) is 6.54 Å². The number of hydrogen-bond acceptors (Lipinski definition) is 4. The molecule has 0 spiro atoms. The van der Waals surface area contributed by atoms with Gasteiger partial charge >= 0.3 is 0 Å². The zero-order valence-electron chi connectivity index (χ0n) is 9.65. The Hall–Kier alpha value is -1.44. The molecule has 100 valence electrons. The highest BCUT2D eigenvalue weighted by Crippen LogP contribution is 2.04. The average Bonchev–Trinajstić information content (AvgIpc) is 2.33. The Morgan fingerprint density at radius 3 is 2.56 bits per heavy atom. The van der Waals surface area contributed by atoms with Crippen LogP contribution in [0.5, 0.6) is 0 Å². The summed E-state index contributed by atoms with van der Waals surface area (Å²) in [4.78, 5) is 10.1. The van der Waals surface area contributed by atoms with Gasteiger partial charge in [-0.3, -0.25) is 9.35 Å². The van der Waals surface area contributed by atoms with Crippen LogP contribution in [0.4, 0.5) is 0 Å². The van der Waals surface area contributed by atoms with Crippen molar-refractivity contribution in [2.45, 2.75) is 11.9 Å². The summed E-state index contributed by atoms with van der Waals surface area (Å²) in [5, 5.41) is 1.04. The van der Waals surface area contributed by atoms with E-state index in [0.29, 0.717) is 6.41 Å². The number of benzene rings is 1. The van der Waals surface area contributed by atoms with Crippen molar-refractivity contribution in [3.8, 4) is 0 Å². The molecule has 2 N–H and O–H groups in total. The second kappa shape index (κ2) is 7.10. The zero-order valence-corrected chi connectivity index (χ0v) is 10.5. The van der Waals surface area contributed by atoms with Gasteiger partial charge in [0.05, 0.1) is 13.2 Å². The second-order valence-corrected chi connectivity index (χ2v) is 5.36. The SMILES string of the molecule is O=CNCC(COCc1ccccc1)S(=O)(=O)O. The van der Waals surface area contributed by atoms with Gasteiger partial charge in [0.2, 0.25) is 6.41 Å². The minimum Gasteiger partial charge on any atom is -0.375 e. The molecule has 0 radical (unpaired) electrons. The van der Waals surface area contributed by atoms with Crippen LogP contribution >= 0.6 is 0 Å². The first kappa shape index (κ1) is 14.6. The molecule has 1 unspecified atom stereocenters. The summed E-state index contributed by atoms with van der Waals surface area (Å²) in [6, 6.07) is 9.22. The second-order valence-electron chi connectivity index (χ2n) is 3.66. The molecule has 0 saturated carbocycles. The maximum absolute atomic E-state index is 11.0. The maximum Gasteiger partial charge on any atom is 0.271 e. The lowest BCUT2D eigenvalue weighted by Crippen LogP contribution is -2.36. The van der Waals surface area contributed by atoms with E-state index in [4.69, 9.17) is 9.29 Å². The fourth-order valence-electron chi connectivity index (χ4n) is 1.31. The highest BCUT2D eigenvalue weighted by Gasteiger charge is 2.22. The number of carbonyl (C=O) groups excluding carboxylic acids is 1. The molecule has 0 aliphatic rings. The topological polar surface area (TPSA) is 92.7 Å². The van der Waals surface area contributed by atoms with Gasteiger partial charge in [-0.1, -0.05) is 30.3 Å². The summed E-state index contributed by atoms with van der Waals surface area (Å²) >= 11 is 0. The van der Waals surface area contributed by atoms with Crippen LogP contribution in [0.1, 0.15) is 5.56 Å². The maximum atomic E-state index is 11.0. The summed E-state index contributed by atoms with van der Waals surface area (Å²) in [5.74, 6) is 0. The zero-order chi connectivity index (χ0) is 13.4. The molecule has 0 aliphatic heterocycles. The molecule has 1 atom stereocenters. The van der Waals surface area contributed by atoms with Gasteiger partial charge < -0.3 is 10.1 Å². The van der Waals surface area contributed by atoms with Gasteiger partial charge in [0.15, 0.2) is 0 Å². The van der Waals surface area contributed by atoms with Crippen molar-refractivity contribution in [1.29, 1.82) is 0 Å². The smallest absolute Gasteiger partial charge is 0.271 e. The quantitative estimate of drug-likeness (QED) is 0.521. The molecule has 0 heterocycles. The molecule has 0 fully saturated rings. The number of rotatable bonds is 8. The van der Waals surface area contributed by atoms with Gasteiger partial charge in [-0.05, 0) is 5.56 Å². The van der Waals surface area contributed by atoms with Crippen molar-refractivity contribution in [3.05, 3.63) is 35.9 Å². The van der Waals surface area contributed by atoms with Crippen LogP contribution in [-0.2, 0) is 26.3 Å². The van der Waals surface area contributed by atoms with E-state index in [9.17, 15) is 13.2 Å². The van der Waals surface area contributed by atoms with Gasteiger partial charge in [-0.2, -0.15) is 8.42 Å². The van der Waals surface area contributed by atoms with Crippen molar-refractivity contribution in [1.82, 2.24) is 5.32 Å². The first-order chi connectivity index (χ1) is 8.54. The Kier molecular flexibility index (Phi) is 5.76. The van der Waals surface area contributed by atoms with Crippen LogP contribution in [-0.4, -0.2) is 37.8 Å². The van der Waals surface area contributed by atoms with E-state index in [1.54, 1.807) is 0 Å². The lowest BCUT2D eigenvalue weighted by molar-refractivity contribution is -0.109. The highest BCUT2D eigenvalue weighted by molar-refractivity contribution is 7.86. The van der Waals surface area contributed by atoms with Crippen molar-refractivity contribution >= 4 is 16.5 Å². The molecular weight excluding hydrogens is 258 g/mol. The predicted molar refractivity (Wildman–Crippen MR) is 65.5 cm³/mol. The minimum atomic E-state index is -4.24. The van der Waals surface area contributed by atoms with E-state index in [2.05, 4.69) is 5.32 Å².